The Balaban J connectivity index is 2.69. The molecular formula is C14H20N2O3. The van der Waals surface area contributed by atoms with Gasteiger partial charge in [-0.1, -0.05) is 13.0 Å². The van der Waals surface area contributed by atoms with Crippen molar-refractivity contribution in [1.29, 1.82) is 0 Å². The van der Waals surface area contributed by atoms with E-state index in [1.165, 1.54) is 6.07 Å². The van der Waals surface area contributed by atoms with Gasteiger partial charge in [0.25, 0.3) is 0 Å². The van der Waals surface area contributed by atoms with Crippen LogP contribution in [0.25, 0.3) is 0 Å². The molecule has 104 valence electrons. The lowest BCUT2D eigenvalue weighted by atomic mass is 10.1. The molecule has 19 heavy (non-hydrogen) atoms. The minimum Gasteiger partial charge on any atom is -0.478 e. The van der Waals surface area contributed by atoms with Crippen molar-refractivity contribution in [3.63, 3.8) is 0 Å². The average Bonchev–Trinajstić information content (AvgIpc) is 2.38. The molecule has 0 bridgehead atoms. The summed E-state index contributed by atoms with van der Waals surface area (Å²) in [5, 5.41) is 14.8. The molecule has 0 saturated heterocycles. The summed E-state index contributed by atoms with van der Waals surface area (Å²) in [4.78, 5) is 22.7. The zero-order chi connectivity index (χ0) is 14.4. The highest BCUT2D eigenvalue weighted by molar-refractivity contribution is 5.96. The maximum Gasteiger partial charge on any atom is 0.336 e. The summed E-state index contributed by atoms with van der Waals surface area (Å²) >= 11 is 0. The zero-order valence-corrected chi connectivity index (χ0v) is 11.5. The summed E-state index contributed by atoms with van der Waals surface area (Å²) in [6.45, 7) is 5.94. The summed E-state index contributed by atoms with van der Waals surface area (Å²) in [6.07, 6.45) is 0.945. The SMILES string of the molecule is CCC(C)NCC(=O)Nc1cccc(C(=O)O)c1C. The summed E-state index contributed by atoms with van der Waals surface area (Å²) in [6, 6.07) is 5.11. The molecular weight excluding hydrogens is 244 g/mol. The van der Waals surface area contributed by atoms with E-state index in [4.69, 9.17) is 5.11 Å². The van der Waals surface area contributed by atoms with Crippen LogP contribution < -0.4 is 10.6 Å². The normalized spacial score (nSPS) is 11.9. The van der Waals surface area contributed by atoms with Gasteiger partial charge in [0.15, 0.2) is 0 Å². The predicted molar refractivity (Wildman–Crippen MR) is 74.5 cm³/mol. The minimum atomic E-state index is -0.994. The van der Waals surface area contributed by atoms with Gasteiger partial charge < -0.3 is 15.7 Å². The van der Waals surface area contributed by atoms with Crippen LogP contribution in [0.1, 0.15) is 36.2 Å². The van der Waals surface area contributed by atoms with Gasteiger partial charge in [0.2, 0.25) is 5.91 Å². The van der Waals surface area contributed by atoms with Crippen molar-refractivity contribution < 1.29 is 14.7 Å². The molecule has 0 aliphatic carbocycles. The predicted octanol–water partition coefficient (Wildman–Crippen LogP) is 2.02. The third kappa shape index (κ3) is 4.37. The number of carboxylic acids is 1. The van der Waals surface area contributed by atoms with E-state index in [0.717, 1.165) is 6.42 Å². The first-order valence-corrected chi connectivity index (χ1v) is 6.31. The van der Waals surface area contributed by atoms with Crippen molar-refractivity contribution in [2.75, 3.05) is 11.9 Å². The topological polar surface area (TPSA) is 78.4 Å². The number of hydrogen-bond acceptors (Lipinski definition) is 3. The van der Waals surface area contributed by atoms with Crippen molar-refractivity contribution in [2.45, 2.75) is 33.2 Å². The van der Waals surface area contributed by atoms with Crippen LogP contribution in [0.2, 0.25) is 0 Å². The van der Waals surface area contributed by atoms with E-state index in [0.29, 0.717) is 11.3 Å². The Morgan fingerprint density at radius 2 is 2.05 bits per heavy atom. The van der Waals surface area contributed by atoms with Gasteiger partial charge in [0, 0.05) is 11.7 Å². The zero-order valence-electron chi connectivity index (χ0n) is 11.5. The van der Waals surface area contributed by atoms with Crippen LogP contribution in [0.4, 0.5) is 5.69 Å². The van der Waals surface area contributed by atoms with Crippen molar-refractivity contribution in [2.24, 2.45) is 0 Å². The first-order valence-electron chi connectivity index (χ1n) is 6.31. The van der Waals surface area contributed by atoms with Gasteiger partial charge >= 0.3 is 5.97 Å². The number of nitrogens with one attached hydrogen (secondary N) is 2. The molecule has 0 spiro atoms. The Hall–Kier alpha value is -1.88. The third-order valence-corrected chi connectivity index (χ3v) is 3.06. The van der Waals surface area contributed by atoms with Crippen molar-refractivity contribution >= 4 is 17.6 Å². The van der Waals surface area contributed by atoms with E-state index >= 15 is 0 Å². The van der Waals surface area contributed by atoms with Gasteiger partial charge in [0.05, 0.1) is 12.1 Å². The fourth-order valence-corrected chi connectivity index (χ4v) is 1.61. The summed E-state index contributed by atoms with van der Waals surface area (Å²) in [7, 11) is 0. The molecule has 0 saturated carbocycles. The van der Waals surface area contributed by atoms with Crippen LogP contribution in [0.3, 0.4) is 0 Å². The lowest BCUT2D eigenvalue weighted by molar-refractivity contribution is -0.115. The molecule has 5 nitrogen and oxygen atoms in total. The fraction of sp³-hybridized carbons (Fsp3) is 0.429. The van der Waals surface area contributed by atoms with Gasteiger partial charge in [-0.2, -0.15) is 0 Å². The maximum atomic E-state index is 11.7. The monoisotopic (exact) mass is 264 g/mol. The lowest BCUT2D eigenvalue weighted by Gasteiger charge is -2.13. The summed E-state index contributed by atoms with van der Waals surface area (Å²) in [5.41, 5.74) is 1.30. The Morgan fingerprint density at radius 1 is 1.37 bits per heavy atom. The molecule has 1 unspecified atom stereocenters. The molecule has 3 N–H and O–H groups in total. The van der Waals surface area contributed by atoms with E-state index in [2.05, 4.69) is 10.6 Å². The number of carbonyl (C=O) groups excluding carboxylic acids is 1. The Kier molecular flexibility index (Phi) is 5.51. The largest absolute Gasteiger partial charge is 0.478 e. The van der Waals surface area contributed by atoms with Crippen LogP contribution in [0, 0.1) is 6.92 Å². The second-order valence-electron chi connectivity index (χ2n) is 4.52. The van der Waals surface area contributed by atoms with Crippen molar-refractivity contribution in [3.8, 4) is 0 Å². The van der Waals surface area contributed by atoms with E-state index in [1.54, 1.807) is 19.1 Å². The Morgan fingerprint density at radius 3 is 2.63 bits per heavy atom. The van der Waals surface area contributed by atoms with Crippen LogP contribution in [0.15, 0.2) is 18.2 Å². The Labute approximate surface area is 113 Å². The third-order valence-electron chi connectivity index (χ3n) is 3.06. The van der Waals surface area contributed by atoms with Gasteiger partial charge in [-0.3, -0.25) is 4.79 Å². The molecule has 0 heterocycles. The van der Waals surface area contributed by atoms with E-state index in [9.17, 15) is 9.59 Å². The van der Waals surface area contributed by atoms with Crippen LogP contribution in [0.5, 0.6) is 0 Å². The average molecular weight is 264 g/mol. The Bertz CT molecular complexity index is 472. The maximum absolute atomic E-state index is 11.7. The highest BCUT2D eigenvalue weighted by Gasteiger charge is 2.12. The van der Waals surface area contributed by atoms with Gasteiger partial charge in [-0.05, 0) is 38.0 Å². The molecule has 0 radical (unpaired) electrons. The molecule has 1 amide bonds. The second-order valence-corrected chi connectivity index (χ2v) is 4.52. The second kappa shape index (κ2) is 6.89. The number of benzene rings is 1. The van der Waals surface area contributed by atoms with E-state index in [-0.39, 0.29) is 24.1 Å². The summed E-state index contributed by atoms with van der Waals surface area (Å²) in [5.74, 6) is -1.17. The smallest absolute Gasteiger partial charge is 0.336 e. The van der Waals surface area contributed by atoms with Crippen LogP contribution in [-0.2, 0) is 4.79 Å². The number of rotatable bonds is 6. The first-order chi connectivity index (χ1) is 8.95. The van der Waals surface area contributed by atoms with Crippen LogP contribution in [-0.4, -0.2) is 29.6 Å². The molecule has 0 fully saturated rings. The highest BCUT2D eigenvalue weighted by Crippen LogP contribution is 2.18. The number of carbonyl (C=O) groups is 2. The highest BCUT2D eigenvalue weighted by atomic mass is 16.4. The van der Waals surface area contributed by atoms with Crippen molar-refractivity contribution in [1.82, 2.24) is 5.32 Å². The van der Waals surface area contributed by atoms with Gasteiger partial charge in [0.1, 0.15) is 0 Å². The molecule has 1 aromatic rings. The standard InChI is InChI=1S/C14H20N2O3/c1-4-9(2)15-8-13(17)16-12-7-5-6-11(10(12)3)14(18)19/h5-7,9,15H,4,8H2,1-3H3,(H,16,17)(H,18,19). The van der Waals surface area contributed by atoms with Crippen LogP contribution >= 0.6 is 0 Å². The number of amides is 1. The molecule has 1 rings (SSSR count). The minimum absolute atomic E-state index is 0.175. The lowest BCUT2D eigenvalue weighted by Crippen LogP contribution is -2.34. The molecule has 1 atom stereocenters. The summed E-state index contributed by atoms with van der Waals surface area (Å²) < 4.78 is 0. The van der Waals surface area contributed by atoms with Crippen molar-refractivity contribution in [3.05, 3.63) is 29.3 Å². The molecule has 0 aliphatic heterocycles. The van der Waals surface area contributed by atoms with E-state index < -0.39 is 5.97 Å². The number of aromatic carboxylic acids is 1. The molecule has 5 heteroatoms. The molecule has 1 aromatic carbocycles. The fourth-order valence-electron chi connectivity index (χ4n) is 1.61. The molecule has 0 aromatic heterocycles. The quantitative estimate of drug-likeness (QED) is 0.734. The van der Waals surface area contributed by atoms with E-state index in [1.807, 2.05) is 13.8 Å². The van der Waals surface area contributed by atoms with Gasteiger partial charge in [-0.25, -0.2) is 4.79 Å². The first kappa shape index (κ1) is 15.2. The number of carboxylic acid groups (broad SMARTS) is 1. The number of hydrogen-bond donors (Lipinski definition) is 3. The molecule has 0 aliphatic rings. The number of anilines is 1. The van der Waals surface area contributed by atoms with Gasteiger partial charge in [-0.15, -0.1) is 0 Å².